The minimum absolute atomic E-state index is 0. The summed E-state index contributed by atoms with van der Waals surface area (Å²) in [5.74, 6) is 1.70. The van der Waals surface area contributed by atoms with E-state index < -0.39 is 0 Å². The molecule has 0 aliphatic carbocycles. The Morgan fingerprint density at radius 1 is 1.10 bits per heavy atom. The summed E-state index contributed by atoms with van der Waals surface area (Å²) >= 11 is 0. The van der Waals surface area contributed by atoms with Crippen LogP contribution in [-0.2, 0) is 22.6 Å². The molecule has 1 aromatic carbocycles. The highest BCUT2D eigenvalue weighted by Gasteiger charge is 2.16. The Bertz CT molecular complexity index is 578. The predicted molar refractivity (Wildman–Crippen MR) is 131 cm³/mol. The molecule has 0 amide bonds. The summed E-state index contributed by atoms with van der Waals surface area (Å²) in [5.41, 5.74) is 2.75. The van der Waals surface area contributed by atoms with Crippen LogP contribution in [0.2, 0.25) is 0 Å². The average Bonchev–Trinajstić information content (AvgIpc) is 2.72. The monoisotopic (exact) mass is 518 g/mol. The molecule has 1 saturated heterocycles. The molecule has 1 aliphatic heterocycles. The van der Waals surface area contributed by atoms with Gasteiger partial charge in [-0.25, -0.2) is 0 Å². The third-order valence-corrected chi connectivity index (χ3v) is 5.25. The number of aliphatic imine (C=N–C) groups is 1. The molecule has 0 radical (unpaired) electrons. The molecule has 2 N–H and O–H groups in total. The number of nitrogens with one attached hydrogen (secondary N) is 2. The molecular weight excluding hydrogens is 479 g/mol. The van der Waals surface area contributed by atoms with Crippen molar-refractivity contribution < 1.29 is 9.47 Å². The van der Waals surface area contributed by atoms with E-state index in [0.29, 0.717) is 13.2 Å². The van der Waals surface area contributed by atoms with E-state index in [9.17, 15) is 0 Å². The second-order valence-corrected chi connectivity index (χ2v) is 7.54. The van der Waals surface area contributed by atoms with Crippen LogP contribution < -0.4 is 10.6 Å². The third-order valence-electron chi connectivity index (χ3n) is 5.25. The lowest BCUT2D eigenvalue weighted by atomic mass is 9.98. The molecule has 1 fully saturated rings. The predicted octanol–water partition coefficient (Wildman–Crippen LogP) is 3.25. The molecule has 29 heavy (non-hydrogen) atoms. The average molecular weight is 518 g/mol. The van der Waals surface area contributed by atoms with Gasteiger partial charge in [-0.3, -0.25) is 9.89 Å². The van der Waals surface area contributed by atoms with Crippen LogP contribution in [0.25, 0.3) is 0 Å². The molecule has 6 nitrogen and oxygen atoms in total. The lowest BCUT2D eigenvalue weighted by Crippen LogP contribution is -2.38. The number of ether oxygens (including phenoxy) is 2. The number of hydrogen-bond acceptors (Lipinski definition) is 4. The lowest BCUT2D eigenvalue weighted by molar-refractivity contribution is 0.0698. The number of benzene rings is 1. The van der Waals surface area contributed by atoms with Crippen LogP contribution in [0.15, 0.2) is 29.3 Å². The Kier molecular flexibility index (Phi) is 14.3. The molecule has 1 aliphatic rings. The molecule has 2 rings (SSSR count). The minimum Gasteiger partial charge on any atom is -0.382 e. The highest BCUT2D eigenvalue weighted by molar-refractivity contribution is 14.0. The van der Waals surface area contributed by atoms with E-state index in [2.05, 4.69) is 51.7 Å². The van der Waals surface area contributed by atoms with Crippen molar-refractivity contribution in [3.05, 3.63) is 35.4 Å². The van der Waals surface area contributed by atoms with Crippen LogP contribution in [0.1, 0.15) is 37.3 Å². The van der Waals surface area contributed by atoms with Gasteiger partial charge in [0.25, 0.3) is 0 Å². The first kappa shape index (κ1) is 26.1. The molecule has 0 saturated carbocycles. The van der Waals surface area contributed by atoms with Crippen LogP contribution in [0.5, 0.6) is 0 Å². The van der Waals surface area contributed by atoms with E-state index >= 15 is 0 Å². The topological polar surface area (TPSA) is 58.1 Å². The van der Waals surface area contributed by atoms with Gasteiger partial charge in [0.2, 0.25) is 0 Å². The van der Waals surface area contributed by atoms with Crippen LogP contribution in [-0.4, -0.2) is 64.5 Å². The van der Waals surface area contributed by atoms with E-state index in [1.807, 2.05) is 7.05 Å². The molecule has 0 aromatic heterocycles. The van der Waals surface area contributed by atoms with Crippen LogP contribution in [0, 0.1) is 5.92 Å². The second-order valence-electron chi connectivity index (χ2n) is 7.54. The Labute approximate surface area is 193 Å². The third kappa shape index (κ3) is 10.6. The quantitative estimate of drug-likeness (QED) is 0.204. The zero-order valence-electron chi connectivity index (χ0n) is 18.3. The zero-order chi connectivity index (χ0) is 20.0. The SMILES string of the molecule is CN=C(NCCCOCCOC)NCc1ccccc1CN1CCC(C)CC1.I. The zero-order valence-corrected chi connectivity index (χ0v) is 20.6. The Morgan fingerprint density at radius 2 is 1.83 bits per heavy atom. The maximum absolute atomic E-state index is 5.48. The van der Waals surface area contributed by atoms with E-state index in [1.165, 1.54) is 37.1 Å². The first-order valence-corrected chi connectivity index (χ1v) is 10.5. The van der Waals surface area contributed by atoms with Gasteiger partial charge in [0.15, 0.2) is 5.96 Å². The van der Waals surface area contributed by atoms with E-state index in [4.69, 9.17) is 9.47 Å². The van der Waals surface area contributed by atoms with Gasteiger partial charge in [0, 0.05) is 40.4 Å². The van der Waals surface area contributed by atoms with Gasteiger partial charge in [-0.15, -0.1) is 24.0 Å². The number of guanidine groups is 1. The van der Waals surface area contributed by atoms with E-state index in [-0.39, 0.29) is 24.0 Å². The number of rotatable bonds is 11. The van der Waals surface area contributed by atoms with E-state index in [0.717, 1.165) is 44.5 Å². The van der Waals surface area contributed by atoms with Crippen molar-refractivity contribution in [2.24, 2.45) is 10.9 Å². The van der Waals surface area contributed by atoms with Crippen LogP contribution in [0.3, 0.4) is 0 Å². The first-order chi connectivity index (χ1) is 13.7. The first-order valence-electron chi connectivity index (χ1n) is 10.5. The highest BCUT2D eigenvalue weighted by Crippen LogP contribution is 2.19. The Hall–Kier alpha value is -0.900. The fourth-order valence-electron chi connectivity index (χ4n) is 3.37. The normalized spacial score (nSPS) is 15.8. The number of piperidine rings is 1. The summed E-state index contributed by atoms with van der Waals surface area (Å²) in [6.45, 7) is 9.45. The summed E-state index contributed by atoms with van der Waals surface area (Å²) in [4.78, 5) is 6.91. The molecule has 1 heterocycles. The van der Waals surface area contributed by atoms with Crippen LogP contribution >= 0.6 is 24.0 Å². The maximum atomic E-state index is 5.48. The van der Waals surface area contributed by atoms with Crippen molar-refractivity contribution in [2.45, 2.75) is 39.3 Å². The maximum Gasteiger partial charge on any atom is 0.191 e. The summed E-state index contributed by atoms with van der Waals surface area (Å²) in [6.07, 6.45) is 3.56. The molecule has 0 atom stereocenters. The van der Waals surface area contributed by atoms with Gasteiger partial charge in [-0.1, -0.05) is 31.2 Å². The summed E-state index contributed by atoms with van der Waals surface area (Å²) < 4.78 is 10.5. The van der Waals surface area contributed by atoms with Gasteiger partial charge in [-0.05, 0) is 49.4 Å². The van der Waals surface area contributed by atoms with Crippen molar-refractivity contribution in [3.63, 3.8) is 0 Å². The summed E-state index contributed by atoms with van der Waals surface area (Å²) in [6, 6.07) is 8.73. The van der Waals surface area contributed by atoms with E-state index in [1.54, 1.807) is 7.11 Å². The lowest BCUT2D eigenvalue weighted by Gasteiger charge is -2.30. The van der Waals surface area contributed by atoms with Gasteiger partial charge in [-0.2, -0.15) is 0 Å². The number of likely N-dealkylation sites (tertiary alicyclic amines) is 1. The van der Waals surface area contributed by atoms with Crippen molar-refractivity contribution in [1.82, 2.24) is 15.5 Å². The number of halogens is 1. The fraction of sp³-hybridized carbons (Fsp3) is 0.682. The molecule has 0 bridgehead atoms. The van der Waals surface area contributed by atoms with Gasteiger partial charge < -0.3 is 20.1 Å². The second kappa shape index (κ2) is 15.9. The van der Waals surface area contributed by atoms with Crippen LogP contribution in [0.4, 0.5) is 0 Å². The van der Waals surface area contributed by atoms with Crippen molar-refractivity contribution >= 4 is 29.9 Å². The molecule has 1 aromatic rings. The summed E-state index contributed by atoms with van der Waals surface area (Å²) in [7, 11) is 3.50. The Morgan fingerprint density at radius 3 is 2.52 bits per heavy atom. The molecule has 0 unspecified atom stereocenters. The number of methoxy groups -OCH3 is 1. The number of hydrogen-bond donors (Lipinski definition) is 2. The van der Waals surface area contributed by atoms with Gasteiger partial charge >= 0.3 is 0 Å². The minimum atomic E-state index is 0. The Balaban J connectivity index is 0.00000420. The highest BCUT2D eigenvalue weighted by atomic mass is 127. The number of nitrogens with zero attached hydrogens (tertiary/aromatic N) is 2. The standard InChI is InChI=1S/C22H38N4O2.HI/c1-19-9-12-26(13-10-19)18-21-8-5-4-7-20(21)17-25-22(23-2)24-11-6-14-28-16-15-27-3;/h4-5,7-8,19H,6,9-18H2,1-3H3,(H2,23,24,25);1H. The summed E-state index contributed by atoms with van der Waals surface area (Å²) in [5, 5.41) is 6.79. The molecule has 166 valence electrons. The van der Waals surface area contributed by atoms with Crippen molar-refractivity contribution in [2.75, 3.05) is 53.6 Å². The molecule has 0 spiro atoms. The fourth-order valence-corrected chi connectivity index (χ4v) is 3.37. The van der Waals surface area contributed by atoms with Gasteiger partial charge in [0.05, 0.1) is 13.2 Å². The molecular formula is C22H39IN4O2. The van der Waals surface area contributed by atoms with Crippen molar-refractivity contribution in [1.29, 1.82) is 0 Å². The van der Waals surface area contributed by atoms with Gasteiger partial charge in [0.1, 0.15) is 0 Å². The molecule has 7 heteroatoms. The smallest absolute Gasteiger partial charge is 0.191 e. The largest absolute Gasteiger partial charge is 0.382 e. The van der Waals surface area contributed by atoms with Crippen molar-refractivity contribution in [3.8, 4) is 0 Å².